The highest BCUT2D eigenvalue weighted by atomic mass is 32.1. The van der Waals surface area contributed by atoms with E-state index >= 15 is 0 Å². The molecule has 3 N–H and O–H groups in total. The smallest absolute Gasteiger partial charge is 0.335 e. The Labute approximate surface area is 189 Å². The normalized spacial score (nSPS) is 10.5. The predicted molar refractivity (Wildman–Crippen MR) is 121 cm³/mol. The maximum Gasteiger partial charge on any atom is 0.335 e. The predicted octanol–water partition coefficient (Wildman–Crippen LogP) is 3.33. The molecule has 0 aliphatic carbocycles. The standard InChI is InChI=1S/C23H21FN4O3S/c1-13-7-15(3-5-17(13)23(30)31)11-26-22(32)20-9-19(27-12-28-20)21(29)25-10-16-4-6-18(24)14(2)8-16/h3-9,12H,10-11H2,1-2H3,(H,25,29)(H,26,32)(H,30,31). The monoisotopic (exact) mass is 452 g/mol. The molecule has 0 saturated heterocycles. The molecule has 3 rings (SSSR count). The number of hydrogen-bond donors (Lipinski definition) is 3. The van der Waals surface area contributed by atoms with E-state index in [-0.39, 0.29) is 23.6 Å². The van der Waals surface area contributed by atoms with Crippen molar-refractivity contribution in [2.75, 3.05) is 0 Å². The minimum absolute atomic E-state index is 0.152. The van der Waals surface area contributed by atoms with Crippen LogP contribution in [0.5, 0.6) is 0 Å². The molecule has 1 heterocycles. The molecule has 2 aromatic carbocycles. The number of amides is 1. The highest BCUT2D eigenvalue weighted by Gasteiger charge is 2.12. The Morgan fingerprint density at radius 1 is 0.938 bits per heavy atom. The number of hydrogen-bond acceptors (Lipinski definition) is 5. The van der Waals surface area contributed by atoms with Crippen molar-refractivity contribution in [2.45, 2.75) is 26.9 Å². The van der Waals surface area contributed by atoms with Gasteiger partial charge in [-0.3, -0.25) is 4.79 Å². The summed E-state index contributed by atoms with van der Waals surface area (Å²) in [5.41, 5.74) is 3.57. The van der Waals surface area contributed by atoms with Gasteiger partial charge in [0, 0.05) is 13.1 Å². The number of aromatic carboxylic acids is 1. The Bertz CT molecular complexity index is 1200. The minimum atomic E-state index is -0.973. The number of benzene rings is 2. The summed E-state index contributed by atoms with van der Waals surface area (Å²) in [5, 5.41) is 14.9. The molecule has 3 aromatic rings. The van der Waals surface area contributed by atoms with Crippen molar-refractivity contribution < 1.29 is 19.1 Å². The number of halogens is 1. The fourth-order valence-electron chi connectivity index (χ4n) is 3.04. The maximum absolute atomic E-state index is 13.4. The molecule has 7 nitrogen and oxygen atoms in total. The molecule has 0 saturated carbocycles. The fourth-order valence-corrected chi connectivity index (χ4v) is 3.23. The van der Waals surface area contributed by atoms with E-state index in [1.807, 2.05) is 0 Å². The number of aryl methyl sites for hydroxylation is 2. The molecule has 164 valence electrons. The zero-order valence-corrected chi connectivity index (χ0v) is 18.3. The van der Waals surface area contributed by atoms with Crippen LogP contribution in [-0.4, -0.2) is 31.9 Å². The van der Waals surface area contributed by atoms with Crippen LogP contribution in [0.1, 0.15) is 48.8 Å². The van der Waals surface area contributed by atoms with Crippen LogP contribution in [0.25, 0.3) is 0 Å². The van der Waals surface area contributed by atoms with Gasteiger partial charge in [0.2, 0.25) is 0 Å². The Kier molecular flexibility index (Phi) is 7.21. The molecule has 0 bridgehead atoms. The Morgan fingerprint density at radius 3 is 2.22 bits per heavy atom. The third-order valence-electron chi connectivity index (χ3n) is 4.78. The van der Waals surface area contributed by atoms with Crippen molar-refractivity contribution in [3.8, 4) is 0 Å². The van der Waals surface area contributed by atoms with Gasteiger partial charge in [-0.25, -0.2) is 19.2 Å². The van der Waals surface area contributed by atoms with Crippen LogP contribution >= 0.6 is 12.2 Å². The summed E-state index contributed by atoms with van der Waals surface area (Å²) in [6.07, 6.45) is 1.26. The number of rotatable bonds is 7. The second kappa shape index (κ2) is 10.1. The molecule has 1 aromatic heterocycles. The van der Waals surface area contributed by atoms with Gasteiger partial charge in [0.25, 0.3) is 5.91 Å². The highest BCUT2D eigenvalue weighted by molar-refractivity contribution is 7.80. The summed E-state index contributed by atoms with van der Waals surface area (Å²) < 4.78 is 13.4. The van der Waals surface area contributed by atoms with Crippen LogP contribution in [-0.2, 0) is 13.1 Å². The van der Waals surface area contributed by atoms with Crippen LogP contribution in [0.4, 0.5) is 4.39 Å². The van der Waals surface area contributed by atoms with Crippen molar-refractivity contribution in [2.24, 2.45) is 0 Å². The quantitative estimate of drug-likeness (QED) is 0.473. The molecule has 0 atom stereocenters. The SMILES string of the molecule is Cc1cc(CNC(=O)c2cc(C(=S)NCc3ccc(C(=O)O)c(C)c3)ncn2)ccc1F. The van der Waals surface area contributed by atoms with Gasteiger partial charge in [-0.05, 0) is 54.3 Å². The number of aromatic nitrogens is 2. The Balaban J connectivity index is 1.61. The van der Waals surface area contributed by atoms with E-state index in [0.29, 0.717) is 28.4 Å². The number of carbonyl (C=O) groups is 2. The average molecular weight is 453 g/mol. The van der Waals surface area contributed by atoms with Gasteiger partial charge in [0.15, 0.2) is 0 Å². The molecule has 0 spiro atoms. The van der Waals surface area contributed by atoms with Crippen molar-refractivity contribution in [3.63, 3.8) is 0 Å². The first-order chi connectivity index (χ1) is 15.2. The van der Waals surface area contributed by atoms with Gasteiger partial charge >= 0.3 is 5.97 Å². The highest BCUT2D eigenvalue weighted by Crippen LogP contribution is 2.12. The van der Waals surface area contributed by atoms with Crippen LogP contribution in [0, 0.1) is 19.7 Å². The molecule has 0 fully saturated rings. The van der Waals surface area contributed by atoms with Gasteiger partial charge in [0.05, 0.1) is 5.56 Å². The van der Waals surface area contributed by atoms with Gasteiger partial charge in [0.1, 0.15) is 28.5 Å². The number of nitrogens with zero attached hydrogens (tertiary/aromatic N) is 2. The van der Waals surface area contributed by atoms with Crippen molar-refractivity contribution in [3.05, 3.63) is 93.8 Å². The van der Waals surface area contributed by atoms with E-state index in [2.05, 4.69) is 20.6 Å². The summed E-state index contributed by atoms with van der Waals surface area (Å²) in [7, 11) is 0. The molecule has 0 unspecified atom stereocenters. The first kappa shape index (κ1) is 23.0. The molecular weight excluding hydrogens is 431 g/mol. The lowest BCUT2D eigenvalue weighted by molar-refractivity contribution is 0.0695. The van der Waals surface area contributed by atoms with Crippen molar-refractivity contribution >= 4 is 29.1 Å². The first-order valence-corrected chi connectivity index (χ1v) is 10.1. The Hall–Kier alpha value is -3.72. The largest absolute Gasteiger partial charge is 0.478 e. The third kappa shape index (κ3) is 5.70. The maximum atomic E-state index is 13.4. The number of carboxylic acids is 1. The van der Waals surface area contributed by atoms with Gasteiger partial charge in [-0.1, -0.05) is 36.5 Å². The molecule has 0 aliphatic heterocycles. The second-order valence-corrected chi connectivity index (χ2v) is 7.60. The lowest BCUT2D eigenvalue weighted by Crippen LogP contribution is -2.26. The van der Waals surface area contributed by atoms with Gasteiger partial charge in [-0.15, -0.1) is 0 Å². The minimum Gasteiger partial charge on any atom is -0.478 e. The summed E-state index contributed by atoms with van der Waals surface area (Å²) >= 11 is 5.37. The van der Waals surface area contributed by atoms with Crippen molar-refractivity contribution in [1.29, 1.82) is 0 Å². The average Bonchev–Trinajstić information content (AvgIpc) is 2.78. The summed E-state index contributed by atoms with van der Waals surface area (Å²) in [4.78, 5) is 32.0. The summed E-state index contributed by atoms with van der Waals surface area (Å²) in [6.45, 7) is 3.99. The van der Waals surface area contributed by atoms with E-state index in [1.165, 1.54) is 18.5 Å². The first-order valence-electron chi connectivity index (χ1n) is 9.71. The number of carboxylic acid groups (broad SMARTS) is 1. The number of carbonyl (C=O) groups excluding carboxylic acids is 1. The molecule has 32 heavy (non-hydrogen) atoms. The molecule has 0 radical (unpaired) electrons. The molecule has 1 amide bonds. The zero-order chi connectivity index (χ0) is 23.3. The van der Waals surface area contributed by atoms with E-state index in [4.69, 9.17) is 17.3 Å². The topological polar surface area (TPSA) is 104 Å². The second-order valence-electron chi connectivity index (χ2n) is 7.19. The lowest BCUT2D eigenvalue weighted by Gasteiger charge is -2.10. The van der Waals surface area contributed by atoms with E-state index in [1.54, 1.807) is 44.2 Å². The molecule has 0 aliphatic rings. The number of thiocarbonyl (C=S) groups is 1. The Morgan fingerprint density at radius 2 is 1.56 bits per heavy atom. The zero-order valence-electron chi connectivity index (χ0n) is 17.5. The van der Waals surface area contributed by atoms with Gasteiger partial charge in [-0.2, -0.15) is 0 Å². The van der Waals surface area contributed by atoms with Gasteiger partial charge < -0.3 is 15.7 Å². The van der Waals surface area contributed by atoms with Crippen LogP contribution < -0.4 is 10.6 Å². The lowest BCUT2D eigenvalue weighted by atomic mass is 10.1. The fraction of sp³-hybridized carbons (Fsp3) is 0.174. The van der Waals surface area contributed by atoms with E-state index in [0.717, 1.165) is 11.1 Å². The van der Waals surface area contributed by atoms with E-state index in [9.17, 15) is 14.0 Å². The summed E-state index contributed by atoms with van der Waals surface area (Å²) in [6, 6.07) is 11.2. The van der Waals surface area contributed by atoms with Crippen LogP contribution in [0.2, 0.25) is 0 Å². The van der Waals surface area contributed by atoms with Crippen LogP contribution in [0.15, 0.2) is 48.8 Å². The van der Waals surface area contributed by atoms with E-state index < -0.39 is 11.9 Å². The van der Waals surface area contributed by atoms with Crippen molar-refractivity contribution in [1.82, 2.24) is 20.6 Å². The number of nitrogens with one attached hydrogen (secondary N) is 2. The van der Waals surface area contributed by atoms with Crippen LogP contribution in [0.3, 0.4) is 0 Å². The summed E-state index contributed by atoms with van der Waals surface area (Å²) in [5.74, 6) is -1.67. The molecular formula is C23H21FN4O3S. The molecule has 9 heteroatoms. The third-order valence-corrected chi connectivity index (χ3v) is 5.14.